The first kappa shape index (κ1) is 23.2. The van der Waals surface area contributed by atoms with Crippen molar-refractivity contribution >= 4 is 17.3 Å². The van der Waals surface area contributed by atoms with Crippen LogP contribution in [0.3, 0.4) is 0 Å². The monoisotopic (exact) mass is 413 g/mol. The number of non-ortho nitro benzene ring substituents is 1. The lowest BCUT2D eigenvalue weighted by atomic mass is 10.1. The molecule has 2 rings (SSSR count). The van der Waals surface area contributed by atoms with Crippen LogP contribution in [0.4, 0.5) is 11.4 Å². The Kier molecular flexibility index (Phi) is 9.64. The molecular weight excluding hydrogens is 384 g/mol. The summed E-state index contributed by atoms with van der Waals surface area (Å²) in [5.41, 5.74) is 0.346. The minimum Gasteiger partial charge on any atom is -0.494 e. The summed E-state index contributed by atoms with van der Waals surface area (Å²) in [6.07, 6.45) is 15.2. The van der Waals surface area contributed by atoms with Crippen LogP contribution in [0.15, 0.2) is 54.8 Å². The first-order valence-corrected chi connectivity index (χ1v) is 10.2. The Labute approximate surface area is 177 Å². The number of hydrogen-bond donors (Lipinski definition) is 1. The number of hydrogen-bond acceptors (Lipinski definition) is 5. The van der Waals surface area contributed by atoms with E-state index in [4.69, 9.17) is 4.74 Å². The van der Waals surface area contributed by atoms with E-state index in [1.165, 1.54) is 18.2 Å². The topological polar surface area (TPSA) is 92.9 Å². The Morgan fingerprint density at radius 3 is 2.73 bits per heavy atom. The number of nitro benzene ring substituents is 1. The van der Waals surface area contributed by atoms with E-state index in [-0.39, 0.29) is 11.3 Å². The van der Waals surface area contributed by atoms with Gasteiger partial charge in [0.1, 0.15) is 5.76 Å². The molecule has 7 nitrogen and oxygen atoms in total. The molecule has 0 saturated heterocycles. The van der Waals surface area contributed by atoms with Gasteiger partial charge in [-0.05, 0) is 50.3 Å². The minimum atomic E-state index is -1.09. The standard InChI is InChI=1S/C23H29N2O5/c1-2-3-15-24(22-18-19(25(28)29)13-14-21(22)23(26)27)16-9-4-5-10-17-30-20-11-7-6-8-12-20/h2,6-7,11-14,18H,1,3-5,8-10,15-17H2,(H,26,27). The summed E-state index contributed by atoms with van der Waals surface area (Å²) in [4.78, 5) is 24.2. The van der Waals surface area contributed by atoms with Crippen molar-refractivity contribution in [1.29, 1.82) is 0 Å². The Hall–Kier alpha value is -3.09. The zero-order chi connectivity index (χ0) is 21.8. The molecule has 0 heterocycles. The van der Waals surface area contributed by atoms with Gasteiger partial charge in [0, 0.05) is 25.2 Å². The first-order chi connectivity index (χ1) is 14.5. The normalized spacial score (nSPS) is 12.9. The molecule has 0 saturated carbocycles. The molecule has 0 amide bonds. The number of aromatic carboxylic acids is 1. The van der Waals surface area contributed by atoms with E-state index in [1.807, 2.05) is 17.1 Å². The number of carboxylic acids is 1. The van der Waals surface area contributed by atoms with Crippen LogP contribution < -0.4 is 4.90 Å². The van der Waals surface area contributed by atoms with E-state index in [0.29, 0.717) is 31.8 Å². The second-order valence-electron chi connectivity index (χ2n) is 7.03. The maximum atomic E-state index is 11.6. The van der Waals surface area contributed by atoms with E-state index in [9.17, 15) is 20.0 Å². The van der Waals surface area contributed by atoms with E-state index in [1.54, 1.807) is 6.08 Å². The largest absolute Gasteiger partial charge is 0.494 e. The number of rotatable bonds is 14. The van der Waals surface area contributed by atoms with Crippen molar-refractivity contribution in [3.8, 4) is 0 Å². The fourth-order valence-electron chi connectivity index (χ4n) is 3.22. The van der Waals surface area contributed by atoms with Crippen molar-refractivity contribution < 1.29 is 19.6 Å². The number of ether oxygens (including phenoxy) is 1. The fraction of sp³-hybridized carbons (Fsp3) is 0.391. The highest BCUT2D eigenvalue weighted by Crippen LogP contribution is 2.27. The second-order valence-corrected chi connectivity index (χ2v) is 7.03. The molecule has 7 heteroatoms. The lowest BCUT2D eigenvalue weighted by Gasteiger charge is -2.26. The van der Waals surface area contributed by atoms with Crippen LogP contribution in [0.2, 0.25) is 0 Å². The van der Waals surface area contributed by atoms with Crippen molar-refractivity contribution in [1.82, 2.24) is 0 Å². The third-order valence-corrected chi connectivity index (χ3v) is 4.81. The Bertz CT molecular complexity index is 801. The van der Waals surface area contributed by atoms with E-state index in [2.05, 4.69) is 19.1 Å². The van der Waals surface area contributed by atoms with Crippen LogP contribution in [0.1, 0.15) is 48.9 Å². The molecule has 161 valence electrons. The van der Waals surface area contributed by atoms with Gasteiger partial charge in [-0.3, -0.25) is 10.1 Å². The molecule has 0 fully saturated rings. The summed E-state index contributed by atoms with van der Waals surface area (Å²) in [7, 11) is 0. The molecule has 1 radical (unpaired) electrons. The van der Waals surface area contributed by atoms with Crippen LogP contribution in [-0.4, -0.2) is 35.7 Å². The van der Waals surface area contributed by atoms with Gasteiger partial charge in [0.2, 0.25) is 0 Å². The summed E-state index contributed by atoms with van der Waals surface area (Å²) >= 11 is 0. The Balaban J connectivity index is 1.89. The molecule has 30 heavy (non-hydrogen) atoms. The van der Waals surface area contributed by atoms with Crippen molar-refractivity contribution in [3.63, 3.8) is 0 Å². The van der Waals surface area contributed by atoms with Gasteiger partial charge in [0.25, 0.3) is 5.69 Å². The van der Waals surface area contributed by atoms with Crippen molar-refractivity contribution in [2.24, 2.45) is 0 Å². The summed E-state index contributed by atoms with van der Waals surface area (Å²) in [6.45, 7) is 5.58. The highest BCUT2D eigenvalue weighted by molar-refractivity contribution is 5.95. The zero-order valence-corrected chi connectivity index (χ0v) is 17.2. The second kappa shape index (κ2) is 12.5. The van der Waals surface area contributed by atoms with Crippen LogP contribution in [0.25, 0.3) is 0 Å². The maximum absolute atomic E-state index is 11.6. The van der Waals surface area contributed by atoms with Gasteiger partial charge in [-0.2, -0.15) is 0 Å². The smallest absolute Gasteiger partial charge is 0.337 e. The lowest BCUT2D eigenvalue weighted by molar-refractivity contribution is -0.384. The van der Waals surface area contributed by atoms with E-state index in [0.717, 1.165) is 37.9 Å². The summed E-state index contributed by atoms with van der Waals surface area (Å²) in [6, 6.07) is 3.89. The average Bonchev–Trinajstić information content (AvgIpc) is 2.75. The third-order valence-electron chi connectivity index (χ3n) is 4.81. The van der Waals surface area contributed by atoms with E-state index < -0.39 is 10.9 Å². The van der Waals surface area contributed by atoms with Gasteiger partial charge in [-0.15, -0.1) is 6.58 Å². The molecule has 1 aromatic carbocycles. The molecule has 1 N–H and O–H groups in total. The van der Waals surface area contributed by atoms with Gasteiger partial charge in [0.05, 0.1) is 22.8 Å². The third kappa shape index (κ3) is 7.39. The minimum absolute atomic E-state index is 0.0733. The quantitative estimate of drug-likeness (QED) is 0.192. The predicted octanol–water partition coefficient (Wildman–Crippen LogP) is 5.30. The highest BCUT2D eigenvalue weighted by atomic mass is 16.6. The van der Waals surface area contributed by atoms with Crippen LogP contribution in [0, 0.1) is 16.5 Å². The van der Waals surface area contributed by atoms with Crippen molar-refractivity contribution in [3.05, 3.63) is 76.9 Å². The summed E-state index contributed by atoms with van der Waals surface area (Å²) in [5.74, 6) is -0.177. The molecule has 0 atom stereocenters. The number of unbranched alkanes of at least 4 members (excludes halogenated alkanes) is 3. The molecule has 0 aromatic heterocycles. The van der Waals surface area contributed by atoms with Crippen LogP contribution in [0.5, 0.6) is 0 Å². The number of nitrogens with zero attached hydrogens (tertiary/aromatic N) is 2. The number of nitro groups is 1. The molecular formula is C23H29N2O5. The average molecular weight is 413 g/mol. The predicted molar refractivity (Wildman–Crippen MR) is 118 cm³/mol. The van der Waals surface area contributed by atoms with Gasteiger partial charge in [-0.25, -0.2) is 4.79 Å². The number of anilines is 1. The summed E-state index contributed by atoms with van der Waals surface area (Å²) < 4.78 is 5.71. The Morgan fingerprint density at radius 1 is 1.27 bits per heavy atom. The molecule has 0 unspecified atom stereocenters. The fourth-order valence-corrected chi connectivity index (χ4v) is 3.22. The highest BCUT2D eigenvalue weighted by Gasteiger charge is 2.19. The number of carbonyl (C=O) groups is 1. The maximum Gasteiger partial charge on any atom is 0.337 e. The molecule has 0 bridgehead atoms. The number of carboxylic acid groups (broad SMARTS) is 1. The van der Waals surface area contributed by atoms with Crippen molar-refractivity contribution in [2.75, 3.05) is 24.6 Å². The molecule has 1 aliphatic rings. The molecule has 1 aliphatic carbocycles. The molecule has 0 spiro atoms. The van der Waals surface area contributed by atoms with Gasteiger partial charge >= 0.3 is 5.97 Å². The van der Waals surface area contributed by atoms with Crippen LogP contribution in [-0.2, 0) is 4.74 Å². The van der Waals surface area contributed by atoms with Gasteiger partial charge in [0.15, 0.2) is 0 Å². The number of benzene rings is 1. The van der Waals surface area contributed by atoms with E-state index >= 15 is 0 Å². The number of allylic oxidation sites excluding steroid dienone is 3. The van der Waals surface area contributed by atoms with Crippen molar-refractivity contribution in [2.45, 2.75) is 38.5 Å². The first-order valence-electron chi connectivity index (χ1n) is 10.2. The van der Waals surface area contributed by atoms with Crippen LogP contribution >= 0.6 is 0 Å². The molecule has 1 aromatic rings. The van der Waals surface area contributed by atoms with Gasteiger partial charge in [-0.1, -0.05) is 25.0 Å². The lowest BCUT2D eigenvalue weighted by Crippen LogP contribution is -2.27. The van der Waals surface area contributed by atoms with Gasteiger partial charge < -0.3 is 14.7 Å². The Morgan fingerprint density at radius 2 is 2.07 bits per heavy atom. The SMILES string of the molecule is C=CCCN(CCCCCCOC1=CC[CH]C=C1)c1cc([N+](=O)[O-])ccc1C(=O)O. The zero-order valence-electron chi connectivity index (χ0n) is 17.2. The molecule has 0 aliphatic heterocycles. The summed E-state index contributed by atoms with van der Waals surface area (Å²) in [5, 5.41) is 20.7.